The van der Waals surface area contributed by atoms with E-state index in [0.717, 1.165) is 42.9 Å². The van der Waals surface area contributed by atoms with Gasteiger partial charge in [-0.25, -0.2) is 0 Å². The van der Waals surface area contributed by atoms with E-state index in [0.29, 0.717) is 12.5 Å². The summed E-state index contributed by atoms with van der Waals surface area (Å²) < 4.78 is 5.77. The van der Waals surface area contributed by atoms with Crippen molar-refractivity contribution in [3.05, 3.63) is 60.2 Å². The van der Waals surface area contributed by atoms with Crippen LogP contribution < -0.4 is 10.1 Å². The normalized spacial score (nSPS) is 16.7. The number of amides is 1. The molecule has 0 radical (unpaired) electrons. The number of carbonyl (C=O) groups excluding carboxylic acids is 1. The molecule has 2 aromatic carbocycles. The quantitative estimate of drug-likeness (QED) is 0.787. The minimum Gasteiger partial charge on any atom is -0.489 e. The molecule has 1 atom stereocenters. The standard InChI is InChI=1S/C22H28N2O3/c1-17(24-13-11-18(15-25)12-14-24)22(26)23-20-7-9-21(10-8-20)27-16-19-5-3-2-4-6-19/h2-10,17-18,25H,11-16H2,1H3,(H,23,26). The van der Waals surface area contributed by atoms with Crippen molar-refractivity contribution >= 4 is 11.6 Å². The third-order valence-electron chi connectivity index (χ3n) is 5.20. The number of benzene rings is 2. The van der Waals surface area contributed by atoms with Crippen molar-refractivity contribution in [1.82, 2.24) is 4.90 Å². The zero-order valence-electron chi connectivity index (χ0n) is 15.8. The van der Waals surface area contributed by atoms with E-state index in [1.165, 1.54) is 0 Å². The summed E-state index contributed by atoms with van der Waals surface area (Å²) in [5.74, 6) is 1.14. The Kier molecular flexibility index (Phi) is 6.85. The summed E-state index contributed by atoms with van der Waals surface area (Å²) in [4.78, 5) is 14.7. The van der Waals surface area contributed by atoms with Crippen LogP contribution in [0.4, 0.5) is 5.69 Å². The number of carbonyl (C=O) groups is 1. The molecule has 144 valence electrons. The summed E-state index contributed by atoms with van der Waals surface area (Å²) in [7, 11) is 0. The third kappa shape index (κ3) is 5.55. The Hall–Kier alpha value is -2.37. The van der Waals surface area contributed by atoms with Crippen molar-refractivity contribution in [3.8, 4) is 5.75 Å². The van der Waals surface area contributed by atoms with Gasteiger partial charge in [-0.1, -0.05) is 30.3 Å². The van der Waals surface area contributed by atoms with Crippen LogP contribution >= 0.6 is 0 Å². The molecular formula is C22H28N2O3. The van der Waals surface area contributed by atoms with Gasteiger partial charge in [-0.2, -0.15) is 0 Å². The lowest BCUT2D eigenvalue weighted by molar-refractivity contribution is -0.121. The predicted octanol–water partition coefficient (Wildman–Crippen LogP) is 3.30. The number of hydrogen-bond acceptors (Lipinski definition) is 4. The molecule has 2 aromatic rings. The maximum absolute atomic E-state index is 12.5. The number of nitrogens with one attached hydrogen (secondary N) is 1. The zero-order valence-corrected chi connectivity index (χ0v) is 15.8. The first kappa shape index (κ1) is 19.4. The highest BCUT2D eigenvalue weighted by Crippen LogP contribution is 2.20. The molecule has 5 nitrogen and oxygen atoms in total. The molecule has 0 saturated carbocycles. The first-order valence-corrected chi connectivity index (χ1v) is 9.58. The Bertz CT molecular complexity index is 710. The van der Waals surface area contributed by atoms with Gasteiger partial charge in [0.2, 0.25) is 5.91 Å². The molecule has 0 bridgehead atoms. The molecule has 1 amide bonds. The van der Waals surface area contributed by atoms with Gasteiger partial charge in [-0.05, 0) is 68.6 Å². The van der Waals surface area contributed by atoms with Crippen LogP contribution in [0.25, 0.3) is 0 Å². The molecule has 3 rings (SSSR count). The molecule has 1 fully saturated rings. The van der Waals surface area contributed by atoms with Crippen molar-refractivity contribution in [2.45, 2.75) is 32.4 Å². The van der Waals surface area contributed by atoms with Gasteiger partial charge in [-0.15, -0.1) is 0 Å². The van der Waals surface area contributed by atoms with Crippen molar-refractivity contribution in [3.63, 3.8) is 0 Å². The van der Waals surface area contributed by atoms with Crippen LogP contribution in [-0.2, 0) is 11.4 Å². The number of piperidine rings is 1. The van der Waals surface area contributed by atoms with Crippen LogP contribution in [0.1, 0.15) is 25.3 Å². The van der Waals surface area contributed by atoms with Gasteiger partial charge in [0.05, 0.1) is 6.04 Å². The van der Waals surface area contributed by atoms with Gasteiger partial charge in [0, 0.05) is 12.3 Å². The highest BCUT2D eigenvalue weighted by molar-refractivity contribution is 5.94. The lowest BCUT2D eigenvalue weighted by atomic mass is 9.97. The van der Waals surface area contributed by atoms with E-state index < -0.39 is 0 Å². The molecule has 0 aromatic heterocycles. The van der Waals surface area contributed by atoms with E-state index in [2.05, 4.69) is 10.2 Å². The largest absolute Gasteiger partial charge is 0.489 e. The molecule has 1 unspecified atom stereocenters. The van der Waals surface area contributed by atoms with Gasteiger partial charge < -0.3 is 15.2 Å². The molecule has 2 N–H and O–H groups in total. The van der Waals surface area contributed by atoms with E-state index in [9.17, 15) is 9.90 Å². The summed E-state index contributed by atoms with van der Waals surface area (Å²) in [5.41, 5.74) is 1.89. The number of ether oxygens (including phenoxy) is 1. The van der Waals surface area contributed by atoms with Crippen molar-refractivity contribution < 1.29 is 14.6 Å². The Labute approximate surface area is 161 Å². The third-order valence-corrected chi connectivity index (χ3v) is 5.20. The molecule has 1 heterocycles. The fourth-order valence-corrected chi connectivity index (χ4v) is 3.31. The number of rotatable bonds is 7. The van der Waals surface area contributed by atoms with Crippen LogP contribution in [0.15, 0.2) is 54.6 Å². The first-order chi connectivity index (χ1) is 13.2. The fourth-order valence-electron chi connectivity index (χ4n) is 3.31. The van der Waals surface area contributed by atoms with Crippen molar-refractivity contribution in [2.75, 3.05) is 25.0 Å². The maximum atomic E-state index is 12.5. The average Bonchev–Trinajstić information content (AvgIpc) is 2.73. The molecule has 0 aliphatic carbocycles. The van der Waals surface area contributed by atoms with Crippen molar-refractivity contribution in [2.24, 2.45) is 5.92 Å². The van der Waals surface area contributed by atoms with Gasteiger partial charge in [0.15, 0.2) is 0 Å². The summed E-state index contributed by atoms with van der Waals surface area (Å²) in [6.45, 7) is 4.41. The molecule has 1 aliphatic rings. The summed E-state index contributed by atoms with van der Waals surface area (Å²) in [5, 5.41) is 12.2. The monoisotopic (exact) mass is 368 g/mol. The fraction of sp³-hybridized carbons (Fsp3) is 0.409. The lowest BCUT2D eigenvalue weighted by Gasteiger charge is -2.34. The van der Waals surface area contributed by atoms with E-state index >= 15 is 0 Å². The summed E-state index contributed by atoms with van der Waals surface area (Å²) in [6.07, 6.45) is 1.89. The second-order valence-corrected chi connectivity index (χ2v) is 7.13. The second kappa shape index (κ2) is 9.53. The van der Waals surface area contributed by atoms with Gasteiger partial charge in [0.25, 0.3) is 0 Å². The Morgan fingerprint density at radius 1 is 1.15 bits per heavy atom. The van der Waals surface area contributed by atoms with Crippen LogP contribution in [0.5, 0.6) is 5.75 Å². The Morgan fingerprint density at radius 2 is 1.81 bits per heavy atom. The predicted molar refractivity (Wildman–Crippen MR) is 107 cm³/mol. The van der Waals surface area contributed by atoms with Crippen LogP contribution in [-0.4, -0.2) is 41.7 Å². The molecular weight excluding hydrogens is 340 g/mol. The first-order valence-electron chi connectivity index (χ1n) is 9.58. The molecule has 1 saturated heterocycles. The van der Waals surface area contributed by atoms with Gasteiger partial charge in [0.1, 0.15) is 12.4 Å². The number of likely N-dealkylation sites (tertiary alicyclic amines) is 1. The number of anilines is 1. The van der Waals surface area contributed by atoms with Crippen LogP contribution in [0, 0.1) is 5.92 Å². The summed E-state index contributed by atoms with van der Waals surface area (Å²) in [6, 6.07) is 17.3. The molecule has 1 aliphatic heterocycles. The zero-order chi connectivity index (χ0) is 19.1. The van der Waals surface area contributed by atoms with Crippen LogP contribution in [0.2, 0.25) is 0 Å². The van der Waals surface area contributed by atoms with E-state index in [1.54, 1.807) is 0 Å². The highest BCUT2D eigenvalue weighted by atomic mass is 16.5. The Morgan fingerprint density at radius 3 is 2.44 bits per heavy atom. The maximum Gasteiger partial charge on any atom is 0.241 e. The van der Waals surface area contributed by atoms with Gasteiger partial charge >= 0.3 is 0 Å². The molecule has 5 heteroatoms. The van der Waals surface area contributed by atoms with E-state index in [4.69, 9.17) is 4.74 Å². The Balaban J connectivity index is 1.48. The lowest BCUT2D eigenvalue weighted by Crippen LogP contribution is -2.46. The van der Waals surface area contributed by atoms with E-state index in [1.807, 2.05) is 61.5 Å². The van der Waals surface area contributed by atoms with Gasteiger partial charge in [-0.3, -0.25) is 9.69 Å². The SMILES string of the molecule is CC(C(=O)Nc1ccc(OCc2ccccc2)cc1)N1CCC(CO)CC1. The van der Waals surface area contributed by atoms with E-state index in [-0.39, 0.29) is 18.6 Å². The highest BCUT2D eigenvalue weighted by Gasteiger charge is 2.26. The minimum absolute atomic E-state index is 0.00426. The average molecular weight is 368 g/mol. The number of hydrogen-bond donors (Lipinski definition) is 2. The topological polar surface area (TPSA) is 61.8 Å². The molecule has 0 spiro atoms. The molecule has 27 heavy (non-hydrogen) atoms. The van der Waals surface area contributed by atoms with Crippen LogP contribution in [0.3, 0.4) is 0 Å². The number of aliphatic hydroxyl groups excluding tert-OH is 1. The number of aliphatic hydroxyl groups is 1. The minimum atomic E-state index is -0.182. The summed E-state index contributed by atoms with van der Waals surface area (Å²) >= 11 is 0. The number of nitrogens with zero attached hydrogens (tertiary/aromatic N) is 1. The second-order valence-electron chi connectivity index (χ2n) is 7.13. The van der Waals surface area contributed by atoms with Crippen molar-refractivity contribution in [1.29, 1.82) is 0 Å². The smallest absolute Gasteiger partial charge is 0.241 e.